The van der Waals surface area contributed by atoms with Gasteiger partial charge in [-0.15, -0.1) is 0 Å². The van der Waals surface area contributed by atoms with Crippen LogP contribution >= 0.6 is 0 Å². The SMILES string of the molecule is CNc1c(C)c(-c2cnn(C)c2)nn1C. The summed E-state index contributed by atoms with van der Waals surface area (Å²) < 4.78 is 3.63. The lowest BCUT2D eigenvalue weighted by molar-refractivity contribution is 0.767. The van der Waals surface area contributed by atoms with Crippen molar-refractivity contribution in [1.82, 2.24) is 19.6 Å². The molecule has 15 heavy (non-hydrogen) atoms. The van der Waals surface area contributed by atoms with Gasteiger partial charge in [-0.2, -0.15) is 10.2 Å². The van der Waals surface area contributed by atoms with Crippen molar-refractivity contribution in [2.45, 2.75) is 6.92 Å². The minimum atomic E-state index is 0.981. The quantitative estimate of drug-likeness (QED) is 0.800. The largest absolute Gasteiger partial charge is 0.373 e. The lowest BCUT2D eigenvalue weighted by Crippen LogP contribution is -1.98. The Labute approximate surface area is 88.7 Å². The Hall–Kier alpha value is -1.78. The molecule has 0 saturated heterocycles. The third-order valence-electron chi connectivity index (χ3n) is 2.50. The molecule has 0 unspecified atom stereocenters. The van der Waals surface area contributed by atoms with Gasteiger partial charge in [-0.1, -0.05) is 0 Å². The predicted molar refractivity (Wildman–Crippen MR) is 59.7 cm³/mol. The molecule has 2 rings (SSSR count). The number of rotatable bonds is 2. The van der Waals surface area contributed by atoms with Gasteiger partial charge in [0.2, 0.25) is 0 Å². The Kier molecular flexibility index (Phi) is 2.22. The van der Waals surface area contributed by atoms with Gasteiger partial charge < -0.3 is 5.32 Å². The van der Waals surface area contributed by atoms with Crippen molar-refractivity contribution in [1.29, 1.82) is 0 Å². The second-order valence-corrected chi connectivity index (χ2v) is 3.60. The normalized spacial score (nSPS) is 10.7. The molecule has 0 bridgehead atoms. The molecule has 0 spiro atoms. The molecule has 0 radical (unpaired) electrons. The lowest BCUT2D eigenvalue weighted by Gasteiger charge is -1.99. The van der Waals surface area contributed by atoms with E-state index in [0.717, 1.165) is 22.6 Å². The van der Waals surface area contributed by atoms with Crippen molar-refractivity contribution in [2.75, 3.05) is 12.4 Å². The standard InChI is InChI=1S/C10H15N5/c1-7-9(8-5-12-14(3)6-8)13-15(4)10(7)11-2/h5-6,11H,1-4H3. The summed E-state index contributed by atoms with van der Waals surface area (Å²) in [5, 5.41) is 11.7. The number of hydrogen-bond acceptors (Lipinski definition) is 3. The first-order valence-corrected chi connectivity index (χ1v) is 4.84. The minimum Gasteiger partial charge on any atom is -0.373 e. The maximum Gasteiger partial charge on any atom is 0.127 e. The minimum absolute atomic E-state index is 0.981. The highest BCUT2D eigenvalue weighted by molar-refractivity contribution is 5.67. The fourth-order valence-corrected chi connectivity index (χ4v) is 1.80. The third-order valence-corrected chi connectivity index (χ3v) is 2.50. The summed E-state index contributed by atoms with van der Waals surface area (Å²) in [5.74, 6) is 1.04. The van der Waals surface area contributed by atoms with Gasteiger partial charge in [-0.3, -0.25) is 9.36 Å². The number of aryl methyl sites for hydroxylation is 2. The topological polar surface area (TPSA) is 47.7 Å². The van der Waals surface area contributed by atoms with Gasteiger partial charge in [0.05, 0.1) is 6.20 Å². The van der Waals surface area contributed by atoms with E-state index in [0.29, 0.717) is 0 Å². The highest BCUT2D eigenvalue weighted by Crippen LogP contribution is 2.26. The maximum absolute atomic E-state index is 4.47. The van der Waals surface area contributed by atoms with E-state index >= 15 is 0 Å². The van der Waals surface area contributed by atoms with Crippen molar-refractivity contribution in [3.63, 3.8) is 0 Å². The first kappa shape index (κ1) is 9.76. The Morgan fingerprint density at radius 3 is 2.53 bits per heavy atom. The molecular formula is C10H15N5. The van der Waals surface area contributed by atoms with Crippen LogP contribution in [-0.2, 0) is 14.1 Å². The van der Waals surface area contributed by atoms with E-state index in [1.54, 1.807) is 4.68 Å². The summed E-state index contributed by atoms with van der Waals surface area (Å²) in [6.07, 6.45) is 3.80. The van der Waals surface area contributed by atoms with Gasteiger partial charge in [-0.25, -0.2) is 0 Å². The Bertz CT molecular complexity index is 480. The van der Waals surface area contributed by atoms with Crippen LogP contribution in [-0.4, -0.2) is 26.6 Å². The zero-order valence-electron chi connectivity index (χ0n) is 9.44. The molecule has 0 amide bonds. The average molecular weight is 205 g/mol. The smallest absolute Gasteiger partial charge is 0.127 e. The Morgan fingerprint density at radius 1 is 1.33 bits per heavy atom. The van der Waals surface area contributed by atoms with Gasteiger partial charge in [0.25, 0.3) is 0 Å². The zero-order chi connectivity index (χ0) is 11.0. The van der Waals surface area contributed by atoms with Gasteiger partial charge in [0.1, 0.15) is 11.5 Å². The van der Waals surface area contributed by atoms with Crippen LogP contribution in [0.3, 0.4) is 0 Å². The molecular weight excluding hydrogens is 190 g/mol. The number of hydrogen-bond donors (Lipinski definition) is 1. The Balaban J connectivity index is 2.54. The molecule has 0 aromatic carbocycles. The van der Waals surface area contributed by atoms with Crippen LogP contribution in [0.5, 0.6) is 0 Å². The van der Waals surface area contributed by atoms with E-state index in [2.05, 4.69) is 22.4 Å². The molecule has 0 aliphatic carbocycles. The molecule has 0 atom stereocenters. The molecule has 0 saturated carbocycles. The van der Waals surface area contributed by atoms with Crippen LogP contribution in [0.1, 0.15) is 5.56 Å². The molecule has 2 aromatic heterocycles. The van der Waals surface area contributed by atoms with Crippen molar-refractivity contribution >= 4 is 5.82 Å². The number of anilines is 1. The number of nitrogens with zero attached hydrogens (tertiary/aromatic N) is 4. The third kappa shape index (κ3) is 1.49. The summed E-state index contributed by atoms with van der Waals surface area (Å²) in [6, 6.07) is 0. The van der Waals surface area contributed by atoms with Crippen molar-refractivity contribution < 1.29 is 0 Å². The van der Waals surface area contributed by atoms with Crippen molar-refractivity contribution in [2.24, 2.45) is 14.1 Å². The lowest BCUT2D eigenvalue weighted by atomic mass is 10.2. The van der Waals surface area contributed by atoms with Crippen LogP contribution in [0, 0.1) is 6.92 Å². The molecule has 2 aromatic rings. The molecule has 5 heteroatoms. The van der Waals surface area contributed by atoms with E-state index in [1.807, 2.05) is 38.2 Å². The fraction of sp³-hybridized carbons (Fsp3) is 0.400. The first-order valence-electron chi connectivity index (χ1n) is 4.84. The summed E-state index contributed by atoms with van der Waals surface area (Å²) in [6.45, 7) is 2.06. The summed E-state index contributed by atoms with van der Waals surface area (Å²) >= 11 is 0. The molecule has 0 aliphatic heterocycles. The molecule has 0 aliphatic rings. The number of nitrogens with one attached hydrogen (secondary N) is 1. The van der Waals surface area contributed by atoms with E-state index in [9.17, 15) is 0 Å². The molecule has 80 valence electrons. The summed E-state index contributed by atoms with van der Waals surface area (Å²) in [7, 11) is 5.73. The van der Waals surface area contributed by atoms with E-state index in [4.69, 9.17) is 0 Å². The summed E-state index contributed by atoms with van der Waals surface area (Å²) in [4.78, 5) is 0. The van der Waals surface area contributed by atoms with Crippen molar-refractivity contribution in [3.05, 3.63) is 18.0 Å². The molecule has 0 fully saturated rings. The van der Waals surface area contributed by atoms with Gasteiger partial charge in [0, 0.05) is 38.5 Å². The van der Waals surface area contributed by atoms with Gasteiger partial charge in [-0.05, 0) is 6.92 Å². The van der Waals surface area contributed by atoms with Gasteiger partial charge >= 0.3 is 0 Å². The fourth-order valence-electron chi connectivity index (χ4n) is 1.80. The van der Waals surface area contributed by atoms with Crippen LogP contribution in [0.4, 0.5) is 5.82 Å². The molecule has 5 nitrogen and oxygen atoms in total. The van der Waals surface area contributed by atoms with Gasteiger partial charge in [0.15, 0.2) is 0 Å². The van der Waals surface area contributed by atoms with E-state index in [-0.39, 0.29) is 0 Å². The molecule has 2 heterocycles. The average Bonchev–Trinajstić information content (AvgIpc) is 2.71. The molecule has 1 N–H and O–H groups in total. The maximum atomic E-state index is 4.47. The monoisotopic (exact) mass is 205 g/mol. The highest BCUT2D eigenvalue weighted by Gasteiger charge is 2.13. The summed E-state index contributed by atoms with van der Waals surface area (Å²) in [5.41, 5.74) is 3.18. The van der Waals surface area contributed by atoms with Crippen LogP contribution in [0.15, 0.2) is 12.4 Å². The van der Waals surface area contributed by atoms with Crippen LogP contribution in [0.2, 0.25) is 0 Å². The van der Waals surface area contributed by atoms with E-state index in [1.165, 1.54) is 0 Å². The van der Waals surface area contributed by atoms with Crippen LogP contribution < -0.4 is 5.32 Å². The Morgan fingerprint density at radius 2 is 2.07 bits per heavy atom. The predicted octanol–water partition coefficient (Wildman–Crippen LogP) is 1.17. The second kappa shape index (κ2) is 3.42. The second-order valence-electron chi connectivity index (χ2n) is 3.60. The number of aromatic nitrogens is 4. The zero-order valence-corrected chi connectivity index (χ0v) is 9.44. The first-order chi connectivity index (χ1) is 7.13. The van der Waals surface area contributed by atoms with Crippen LogP contribution in [0.25, 0.3) is 11.3 Å². The van der Waals surface area contributed by atoms with E-state index < -0.39 is 0 Å². The van der Waals surface area contributed by atoms with Crippen molar-refractivity contribution in [3.8, 4) is 11.3 Å². The highest BCUT2D eigenvalue weighted by atomic mass is 15.3.